The maximum Gasteiger partial charge on any atom is 0.250 e. The van der Waals surface area contributed by atoms with Crippen molar-refractivity contribution >= 4 is 32.7 Å². The monoisotopic (exact) mass is 344 g/mol. The number of thiophene rings is 2. The Morgan fingerprint density at radius 3 is 2.71 bits per heavy atom. The zero-order valence-electron chi connectivity index (χ0n) is 12.2. The Hall–Kier alpha value is -0.730. The van der Waals surface area contributed by atoms with E-state index in [0.717, 1.165) is 35.5 Å². The summed E-state index contributed by atoms with van der Waals surface area (Å²) in [5.41, 5.74) is 2.16. The van der Waals surface area contributed by atoms with Crippen molar-refractivity contribution in [3.63, 3.8) is 0 Å². The molecule has 4 nitrogen and oxygen atoms in total. The topological polar surface area (TPSA) is 58.2 Å². The molecule has 7 heteroatoms. The number of sulfonamides is 1. The molecule has 2 rings (SSSR count). The second-order valence-electron chi connectivity index (χ2n) is 4.73. The van der Waals surface area contributed by atoms with Gasteiger partial charge in [0.15, 0.2) is 0 Å². The van der Waals surface area contributed by atoms with Gasteiger partial charge in [0.25, 0.3) is 0 Å². The summed E-state index contributed by atoms with van der Waals surface area (Å²) in [6.07, 6.45) is 0.859. The third-order valence-electron chi connectivity index (χ3n) is 3.11. The minimum Gasteiger partial charge on any atom is -0.317 e. The minimum absolute atomic E-state index is 0.349. The van der Waals surface area contributed by atoms with Crippen LogP contribution in [0, 0.1) is 6.92 Å². The van der Waals surface area contributed by atoms with E-state index in [2.05, 4.69) is 17.0 Å². The Morgan fingerprint density at radius 1 is 1.24 bits per heavy atom. The highest BCUT2D eigenvalue weighted by atomic mass is 32.2. The predicted octanol–water partition coefficient (Wildman–Crippen LogP) is 2.75. The quantitative estimate of drug-likeness (QED) is 0.724. The highest BCUT2D eigenvalue weighted by molar-refractivity contribution is 7.91. The van der Waals surface area contributed by atoms with Gasteiger partial charge in [0.2, 0.25) is 10.0 Å². The second kappa shape index (κ2) is 7.51. The van der Waals surface area contributed by atoms with Gasteiger partial charge in [-0.3, -0.25) is 0 Å². The molecule has 2 aromatic heterocycles. The van der Waals surface area contributed by atoms with Crippen molar-refractivity contribution in [2.75, 3.05) is 13.1 Å². The lowest BCUT2D eigenvalue weighted by Crippen LogP contribution is -2.22. The van der Waals surface area contributed by atoms with Crippen molar-refractivity contribution in [1.82, 2.24) is 10.0 Å². The molecule has 0 spiro atoms. The van der Waals surface area contributed by atoms with Crippen LogP contribution in [0.3, 0.4) is 0 Å². The van der Waals surface area contributed by atoms with Gasteiger partial charge in [0.1, 0.15) is 4.21 Å². The van der Waals surface area contributed by atoms with Crippen LogP contribution in [0.2, 0.25) is 0 Å². The first-order chi connectivity index (χ1) is 10.0. The SMILES string of the molecule is CCNCCc1ccc(S(=O)(=O)NCc2cscc2C)s1. The molecule has 0 aliphatic rings. The molecule has 0 amide bonds. The molecular weight excluding hydrogens is 324 g/mol. The Morgan fingerprint density at radius 2 is 2.05 bits per heavy atom. The molecular formula is C14H20N2O2S3. The van der Waals surface area contributed by atoms with Gasteiger partial charge in [-0.15, -0.1) is 11.3 Å². The van der Waals surface area contributed by atoms with Crippen molar-refractivity contribution in [3.05, 3.63) is 38.9 Å². The number of nitrogens with one attached hydrogen (secondary N) is 2. The summed E-state index contributed by atoms with van der Waals surface area (Å²) >= 11 is 2.93. The highest BCUT2D eigenvalue weighted by Crippen LogP contribution is 2.22. The van der Waals surface area contributed by atoms with E-state index >= 15 is 0 Å². The molecule has 0 atom stereocenters. The number of hydrogen-bond donors (Lipinski definition) is 2. The zero-order valence-corrected chi connectivity index (χ0v) is 14.6. The average Bonchev–Trinajstić information content (AvgIpc) is 3.06. The lowest BCUT2D eigenvalue weighted by atomic mass is 10.2. The molecule has 0 aliphatic carbocycles. The highest BCUT2D eigenvalue weighted by Gasteiger charge is 2.17. The summed E-state index contributed by atoms with van der Waals surface area (Å²) < 4.78 is 27.6. The van der Waals surface area contributed by atoms with Crippen molar-refractivity contribution in [1.29, 1.82) is 0 Å². The van der Waals surface area contributed by atoms with Gasteiger partial charge in [-0.2, -0.15) is 11.3 Å². The van der Waals surface area contributed by atoms with Gasteiger partial charge in [0, 0.05) is 11.4 Å². The molecule has 0 saturated carbocycles. The molecule has 0 unspecified atom stereocenters. The molecule has 0 saturated heterocycles. The molecule has 2 heterocycles. The van der Waals surface area contributed by atoms with Crippen LogP contribution in [0.5, 0.6) is 0 Å². The normalized spacial score (nSPS) is 11.9. The molecule has 0 bridgehead atoms. The Labute approximate surface area is 134 Å². The fourth-order valence-electron chi connectivity index (χ4n) is 1.84. The second-order valence-corrected chi connectivity index (χ2v) is 8.63. The van der Waals surface area contributed by atoms with Crippen LogP contribution in [0.4, 0.5) is 0 Å². The number of aryl methyl sites for hydroxylation is 1. The third kappa shape index (κ3) is 4.62. The summed E-state index contributed by atoms with van der Waals surface area (Å²) in [4.78, 5) is 1.09. The van der Waals surface area contributed by atoms with Crippen LogP contribution in [0.15, 0.2) is 27.1 Å². The fourth-order valence-corrected chi connectivity index (χ4v) is 5.10. The Kier molecular flexibility index (Phi) is 5.95. The van der Waals surface area contributed by atoms with Crippen LogP contribution >= 0.6 is 22.7 Å². The smallest absolute Gasteiger partial charge is 0.250 e. The molecule has 116 valence electrons. The van der Waals surface area contributed by atoms with Crippen molar-refractivity contribution in [2.24, 2.45) is 0 Å². The first-order valence-corrected chi connectivity index (χ1v) is 10.1. The van der Waals surface area contributed by atoms with Gasteiger partial charge in [-0.1, -0.05) is 6.92 Å². The molecule has 0 radical (unpaired) electrons. The maximum atomic E-state index is 12.3. The summed E-state index contributed by atoms with van der Waals surface area (Å²) in [6, 6.07) is 3.58. The lowest BCUT2D eigenvalue weighted by molar-refractivity contribution is 0.583. The van der Waals surface area contributed by atoms with Gasteiger partial charge < -0.3 is 5.32 Å². The first kappa shape index (κ1) is 16.6. The van der Waals surface area contributed by atoms with Crippen molar-refractivity contribution in [2.45, 2.75) is 31.0 Å². The average molecular weight is 345 g/mol. The molecule has 0 fully saturated rings. The molecule has 2 N–H and O–H groups in total. The van der Waals surface area contributed by atoms with Crippen LogP contribution < -0.4 is 10.0 Å². The predicted molar refractivity (Wildman–Crippen MR) is 89.6 cm³/mol. The summed E-state index contributed by atoms with van der Waals surface area (Å²) in [5.74, 6) is 0. The van der Waals surface area contributed by atoms with E-state index in [9.17, 15) is 8.42 Å². The van der Waals surface area contributed by atoms with Crippen LogP contribution in [0.1, 0.15) is 22.9 Å². The van der Waals surface area contributed by atoms with Gasteiger partial charge >= 0.3 is 0 Å². The summed E-state index contributed by atoms with van der Waals surface area (Å²) in [6.45, 7) is 6.20. The van der Waals surface area contributed by atoms with E-state index < -0.39 is 10.0 Å². The first-order valence-electron chi connectivity index (χ1n) is 6.83. The third-order valence-corrected chi connectivity index (χ3v) is 7.06. The van der Waals surface area contributed by atoms with E-state index in [0.29, 0.717) is 10.8 Å². The molecule has 21 heavy (non-hydrogen) atoms. The standard InChI is InChI=1S/C14H20N2O2S3/c1-3-15-7-6-13-4-5-14(20-13)21(17,18)16-8-12-10-19-9-11(12)2/h4-5,9-10,15-16H,3,6-8H2,1-2H3. The molecule has 0 aliphatic heterocycles. The van der Waals surface area contributed by atoms with Crippen LogP contribution in [0.25, 0.3) is 0 Å². The summed E-state index contributed by atoms with van der Waals surface area (Å²) in [7, 11) is -3.41. The van der Waals surface area contributed by atoms with E-state index in [4.69, 9.17) is 0 Å². The largest absolute Gasteiger partial charge is 0.317 e. The number of likely N-dealkylation sites (N-methyl/N-ethyl adjacent to an activating group) is 1. The van der Waals surface area contributed by atoms with Gasteiger partial charge in [0.05, 0.1) is 0 Å². The van der Waals surface area contributed by atoms with Crippen LogP contribution in [-0.2, 0) is 23.0 Å². The molecule has 2 aromatic rings. The van der Waals surface area contributed by atoms with Crippen molar-refractivity contribution in [3.8, 4) is 0 Å². The van der Waals surface area contributed by atoms with E-state index in [1.165, 1.54) is 11.3 Å². The fraction of sp³-hybridized carbons (Fsp3) is 0.429. The Balaban J connectivity index is 1.97. The van der Waals surface area contributed by atoms with E-state index in [-0.39, 0.29) is 0 Å². The van der Waals surface area contributed by atoms with E-state index in [1.54, 1.807) is 17.4 Å². The summed E-state index contributed by atoms with van der Waals surface area (Å²) in [5, 5.41) is 7.24. The van der Waals surface area contributed by atoms with Gasteiger partial charge in [-0.05, 0) is 60.5 Å². The number of hydrogen-bond acceptors (Lipinski definition) is 5. The molecule has 0 aromatic carbocycles. The van der Waals surface area contributed by atoms with Gasteiger partial charge in [-0.25, -0.2) is 13.1 Å². The Bertz CT molecular complexity index is 674. The van der Waals surface area contributed by atoms with E-state index in [1.807, 2.05) is 23.8 Å². The van der Waals surface area contributed by atoms with Crippen LogP contribution in [-0.4, -0.2) is 21.5 Å². The lowest BCUT2D eigenvalue weighted by Gasteiger charge is -2.04. The zero-order chi connectivity index (χ0) is 15.3. The maximum absolute atomic E-state index is 12.3. The minimum atomic E-state index is -3.41. The van der Waals surface area contributed by atoms with Crippen molar-refractivity contribution < 1.29 is 8.42 Å². The number of rotatable bonds is 8.